The van der Waals surface area contributed by atoms with Gasteiger partial charge in [-0.05, 0) is 50.0 Å². The molecule has 0 unspecified atom stereocenters. The number of hydrogen-bond acceptors (Lipinski definition) is 7. The van der Waals surface area contributed by atoms with E-state index in [9.17, 15) is 4.39 Å². The zero-order valence-electron chi connectivity index (χ0n) is 22.7. The van der Waals surface area contributed by atoms with E-state index in [1.807, 2.05) is 80.6 Å². The Morgan fingerprint density at radius 1 is 0.925 bits per heavy atom. The Balaban J connectivity index is 1.39. The molecule has 0 aliphatic rings. The molecule has 4 aromatic heterocycles. The topological polar surface area (TPSA) is 98.8 Å². The first-order valence-electron chi connectivity index (χ1n) is 12.9. The highest BCUT2D eigenvalue weighted by atomic mass is 19.1. The standard InChI is InChI=1S/C30H29FN8O/c1-38(2)8-9-40-22-12-18(10-20(31)13-22)23-6-5-7-25-28(23)35-30(34-25)29-24-14-26(33-17-27(24)36-37-29)19-11-21(39(3)4)16-32-15-19/h5-7,10-17H,8-9H2,1-4H3,(H,34,35)(H,36,37). The molecular weight excluding hydrogens is 507 g/mol. The van der Waals surface area contributed by atoms with Gasteiger partial charge < -0.3 is 19.5 Å². The van der Waals surface area contributed by atoms with Crippen LogP contribution in [0.4, 0.5) is 10.1 Å². The fourth-order valence-corrected chi connectivity index (χ4v) is 4.59. The summed E-state index contributed by atoms with van der Waals surface area (Å²) in [4.78, 5) is 21.3. The number of likely N-dealkylation sites (N-methyl/N-ethyl adjacent to an activating group) is 1. The van der Waals surface area contributed by atoms with Gasteiger partial charge in [-0.3, -0.25) is 15.1 Å². The molecule has 0 amide bonds. The number of H-pyrrole nitrogens is 2. The third-order valence-corrected chi connectivity index (χ3v) is 6.71. The van der Waals surface area contributed by atoms with Crippen LogP contribution in [0.2, 0.25) is 0 Å². The third kappa shape index (κ3) is 4.96. The maximum absolute atomic E-state index is 14.6. The van der Waals surface area contributed by atoms with Crippen molar-refractivity contribution in [3.05, 3.63) is 72.9 Å². The van der Waals surface area contributed by atoms with Crippen LogP contribution in [0, 0.1) is 5.82 Å². The van der Waals surface area contributed by atoms with Gasteiger partial charge >= 0.3 is 0 Å². The molecule has 0 saturated carbocycles. The van der Waals surface area contributed by atoms with E-state index >= 15 is 0 Å². The van der Waals surface area contributed by atoms with Crippen molar-refractivity contribution < 1.29 is 9.13 Å². The molecule has 0 aliphatic heterocycles. The highest BCUT2D eigenvalue weighted by Crippen LogP contribution is 2.34. The molecule has 6 aromatic rings. The van der Waals surface area contributed by atoms with Gasteiger partial charge in [0.2, 0.25) is 0 Å². The summed E-state index contributed by atoms with van der Waals surface area (Å²) in [6, 6.07) is 14.6. The van der Waals surface area contributed by atoms with E-state index in [1.165, 1.54) is 12.1 Å². The number of aromatic amines is 2. The Morgan fingerprint density at radius 3 is 2.62 bits per heavy atom. The zero-order valence-corrected chi connectivity index (χ0v) is 22.7. The molecule has 2 aromatic carbocycles. The first kappa shape index (κ1) is 25.4. The lowest BCUT2D eigenvalue weighted by Crippen LogP contribution is -2.19. The van der Waals surface area contributed by atoms with Crippen LogP contribution < -0.4 is 9.64 Å². The Labute approximate surface area is 230 Å². The maximum Gasteiger partial charge on any atom is 0.159 e. The molecule has 40 heavy (non-hydrogen) atoms. The average molecular weight is 537 g/mol. The first-order chi connectivity index (χ1) is 19.4. The molecule has 202 valence electrons. The van der Waals surface area contributed by atoms with Gasteiger partial charge in [0.15, 0.2) is 5.82 Å². The minimum absolute atomic E-state index is 0.365. The van der Waals surface area contributed by atoms with Crippen molar-refractivity contribution in [1.82, 2.24) is 35.0 Å². The van der Waals surface area contributed by atoms with Gasteiger partial charge in [0.05, 0.1) is 40.3 Å². The number of imidazole rings is 1. The van der Waals surface area contributed by atoms with E-state index in [-0.39, 0.29) is 5.82 Å². The number of anilines is 1. The summed E-state index contributed by atoms with van der Waals surface area (Å²) in [6.45, 7) is 1.20. The van der Waals surface area contributed by atoms with Crippen LogP contribution in [0.3, 0.4) is 0 Å². The van der Waals surface area contributed by atoms with Crippen LogP contribution in [0.25, 0.3) is 55.8 Å². The fourth-order valence-electron chi connectivity index (χ4n) is 4.59. The number of para-hydroxylation sites is 1. The van der Waals surface area contributed by atoms with Gasteiger partial charge in [0.25, 0.3) is 0 Å². The van der Waals surface area contributed by atoms with Crippen molar-refractivity contribution in [2.75, 3.05) is 46.2 Å². The molecule has 0 spiro atoms. The van der Waals surface area contributed by atoms with E-state index in [1.54, 1.807) is 12.4 Å². The second-order valence-corrected chi connectivity index (χ2v) is 10.1. The molecule has 0 bridgehead atoms. The second kappa shape index (κ2) is 10.4. The number of pyridine rings is 2. The van der Waals surface area contributed by atoms with Gasteiger partial charge in [0.1, 0.15) is 23.9 Å². The normalized spacial score (nSPS) is 11.6. The largest absolute Gasteiger partial charge is 0.492 e. The Kier molecular flexibility index (Phi) is 6.61. The average Bonchev–Trinajstić information content (AvgIpc) is 3.56. The highest BCUT2D eigenvalue weighted by Gasteiger charge is 2.17. The molecule has 0 aliphatic carbocycles. The molecule has 0 atom stereocenters. The summed E-state index contributed by atoms with van der Waals surface area (Å²) in [6.07, 6.45) is 5.38. The van der Waals surface area contributed by atoms with Crippen LogP contribution >= 0.6 is 0 Å². The van der Waals surface area contributed by atoms with E-state index < -0.39 is 0 Å². The first-order valence-corrected chi connectivity index (χ1v) is 12.9. The Morgan fingerprint density at radius 2 is 1.80 bits per heavy atom. The fraction of sp³-hybridized carbons (Fsp3) is 0.200. The van der Waals surface area contributed by atoms with Crippen LogP contribution in [0.1, 0.15) is 0 Å². The lowest BCUT2D eigenvalue weighted by Gasteiger charge is -2.12. The SMILES string of the molecule is CN(C)CCOc1cc(F)cc(-c2cccc3[nH]c(-c4n[nH]c5cnc(-c6cncc(N(C)C)c6)cc45)nc23)c1. The minimum atomic E-state index is -0.365. The molecule has 9 nitrogen and oxygen atoms in total. The summed E-state index contributed by atoms with van der Waals surface area (Å²) < 4.78 is 20.4. The van der Waals surface area contributed by atoms with Crippen molar-refractivity contribution in [2.45, 2.75) is 0 Å². The van der Waals surface area contributed by atoms with Crippen LogP contribution in [-0.4, -0.2) is 76.4 Å². The van der Waals surface area contributed by atoms with E-state index in [4.69, 9.17) is 9.72 Å². The second-order valence-electron chi connectivity index (χ2n) is 10.1. The Hall–Kier alpha value is -4.83. The molecule has 10 heteroatoms. The number of hydrogen-bond donors (Lipinski definition) is 2. The summed E-state index contributed by atoms with van der Waals surface area (Å²) in [7, 11) is 7.89. The summed E-state index contributed by atoms with van der Waals surface area (Å²) in [5, 5.41) is 8.49. The van der Waals surface area contributed by atoms with Crippen LogP contribution in [0.15, 0.2) is 67.1 Å². The van der Waals surface area contributed by atoms with Gasteiger partial charge in [-0.2, -0.15) is 5.10 Å². The predicted octanol–water partition coefficient (Wildman–Crippen LogP) is 5.38. The van der Waals surface area contributed by atoms with Crippen molar-refractivity contribution in [2.24, 2.45) is 0 Å². The van der Waals surface area contributed by atoms with E-state index in [2.05, 4.69) is 25.1 Å². The zero-order chi connectivity index (χ0) is 27.8. The van der Waals surface area contributed by atoms with E-state index in [0.717, 1.165) is 51.0 Å². The van der Waals surface area contributed by atoms with Crippen molar-refractivity contribution >= 4 is 27.6 Å². The number of aromatic nitrogens is 6. The van der Waals surface area contributed by atoms with Crippen molar-refractivity contribution in [3.8, 4) is 39.7 Å². The number of nitrogens with zero attached hydrogens (tertiary/aromatic N) is 6. The van der Waals surface area contributed by atoms with Gasteiger partial charge in [-0.25, -0.2) is 9.37 Å². The number of halogens is 1. The number of benzene rings is 2. The maximum atomic E-state index is 14.6. The Bertz CT molecular complexity index is 1820. The molecule has 0 fully saturated rings. The van der Waals surface area contributed by atoms with Crippen LogP contribution in [-0.2, 0) is 0 Å². The molecule has 4 heterocycles. The van der Waals surface area contributed by atoms with Crippen molar-refractivity contribution in [1.29, 1.82) is 0 Å². The smallest absolute Gasteiger partial charge is 0.159 e. The van der Waals surface area contributed by atoms with E-state index in [0.29, 0.717) is 29.4 Å². The predicted molar refractivity (Wildman–Crippen MR) is 156 cm³/mol. The van der Waals surface area contributed by atoms with Gasteiger partial charge in [0, 0.05) is 49.4 Å². The molecule has 2 N–H and O–H groups in total. The lowest BCUT2D eigenvalue weighted by molar-refractivity contribution is 0.260. The van der Waals surface area contributed by atoms with Crippen molar-refractivity contribution in [3.63, 3.8) is 0 Å². The third-order valence-electron chi connectivity index (χ3n) is 6.71. The summed E-state index contributed by atoms with van der Waals surface area (Å²) in [5.41, 5.74) is 7.16. The van der Waals surface area contributed by atoms with Gasteiger partial charge in [-0.15, -0.1) is 0 Å². The number of fused-ring (bicyclic) bond motifs is 2. The summed E-state index contributed by atoms with van der Waals surface area (Å²) in [5.74, 6) is 0.719. The quantitative estimate of drug-likeness (QED) is 0.270. The van der Waals surface area contributed by atoms with Crippen LogP contribution in [0.5, 0.6) is 5.75 Å². The molecular formula is C30H29FN8O. The monoisotopic (exact) mass is 536 g/mol. The minimum Gasteiger partial charge on any atom is -0.492 e. The molecule has 0 saturated heterocycles. The number of nitrogens with one attached hydrogen (secondary N) is 2. The number of ether oxygens (including phenoxy) is 1. The summed E-state index contributed by atoms with van der Waals surface area (Å²) >= 11 is 0. The van der Waals surface area contributed by atoms with Gasteiger partial charge in [-0.1, -0.05) is 12.1 Å². The lowest BCUT2D eigenvalue weighted by atomic mass is 10.0. The highest BCUT2D eigenvalue weighted by molar-refractivity contribution is 5.98. The molecule has 0 radical (unpaired) electrons. The molecule has 6 rings (SSSR count). The number of rotatable bonds is 8.